The number of aromatic amines is 1. The van der Waals surface area contributed by atoms with Gasteiger partial charge in [0.15, 0.2) is 0 Å². The summed E-state index contributed by atoms with van der Waals surface area (Å²) in [6.07, 6.45) is 1.53. The molecule has 1 heterocycles. The van der Waals surface area contributed by atoms with Crippen molar-refractivity contribution in [3.8, 4) is 0 Å². The molecule has 122 valence electrons. The number of hydrogen-bond acceptors (Lipinski definition) is 3. The van der Waals surface area contributed by atoms with Crippen LogP contribution in [0.15, 0.2) is 60.8 Å². The van der Waals surface area contributed by atoms with E-state index in [4.69, 9.17) is 11.6 Å². The van der Waals surface area contributed by atoms with Gasteiger partial charge in [0.05, 0.1) is 10.7 Å². The van der Waals surface area contributed by atoms with Crippen molar-refractivity contribution in [1.82, 2.24) is 10.2 Å². The van der Waals surface area contributed by atoms with Crippen molar-refractivity contribution >= 4 is 28.9 Å². The van der Waals surface area contributed by atoms with Crippen molar-refractivity contribution in [2.45, 2.75) is 13.0 Å². The van der Waals surface area contributed by atoms with E-state index < -0.39 is 0 Å². The molecule has 0 saturated carbocycles. The Bertz CT molecular complexity index is 818. The van der Waals surface area contributed by atoms with Gasteiger partial charge in [0.2, 0.25) is 0 Å². The van der Waals surface area contributed by atoms with Gasteiger partial charge in [0, 0.05) is 17.9 Å². The van der Waals surface area contributed by atoms with Gasteiger partial charge < -0.3 is 10.6 Å². The quantitative estimate of drug-likeness (QED) is 0.641. The van der Waals surface area contributed by atoms with Crippen LogP contribution in [0.25, 0.3) is 0 Å². The third-order valence-electron chi connectivity index (χ3n) is 3.64. The molecular formula is C18H17ClN4O. The van der Waals surface area contributed by atoms with Crippen LogP contribution in [0.3, 0.4) is 0 Å². The molecule has 0 spiro atoms. The third-order valence-corrected chi connectivity index (χ3v) is 3.96. The lowest BCUT2D eigenvalue weighted by molar-refractivity contribution is 0.102. The first-order valence-corrected chi connectivity index (χ1v) is 7.93. The fourth-order valence-electron chi connectivity index (χ4n) is 2.35. The van der Waals surface area contributed by atoms with Crippen molar-refractivity contribution < 1.29 is 4.79 Å². The first kappa shape index (κ1) is 16.1. The molecule has 1 unspecified atom stereocenters. The number of amides is 1. The second kappa shape index (κ2) is 7.19. The standard InChI is InChI=1S/C18H17ClN4O/c1-12(13-5-3-2-4-6-13)21-16-8-7-14(11-15(16)19)22-18(24)17-9-10-20-23-17/h2-12,21H,1H3,(H,20,23)(H,22,24). The van der Waals surface area contributed by atoms with Gasteiger partial charge in [-0.2, -0.15) is 5.10 Å². The summed E-state index contributed by atoms with van der Waals surface area (Å²) in [5, 5.41) is 13.1. The predicted octanol–water partition coefficient (Wildman–Crippen LogP) is 4.49. The van der Waals surface area contributed by atoms with Crippen molar-refractivity contribution in [3.63, 3.8) is 0 Å². The molecule has 0 aliphatic carbocycles. The van der Waals surface area contributed by atoms with Gasteiger partial charge in [-0.1, -0.05) is 41.9 Å². The van der Waals surface area contributed by atoms with Crippen LogP contribution in [0.1, 0.15) is 29.0 Å². The maximum absolute atomic E-state index is 12.0. The Kier molecular flexibility index (Phi) is 4.82. The van der Waals surface area contributed by atoms with E-state index in [1.165, 1.54) is 11.8 Å². The number of nitrogens with zero attached hydrogens (tertiary/aromatic N) is 1. The van der Waals surface area contributed by atoms with Crippen LogP contribution in [0.5, 0.6) is 0 Å². The van der Waals surface area contributed by atoms with Crippen LogP contribution in [0.2, 0.25) is 5.02 Å². The highest BCUT2D eigenvalue weighted by molar-refractivity contribution is 6.33. The Hall–Kier alpha value is -2.79. The molecular weight excluding hydrogens is 324 g/mol. The maximum Gasteiger partial charge on any atom is 0.273 e. The van der Waals surface area contributed by atoms with Crippen molar-refractivity contribution in [1.29, 1.82) is 0 Å². The number of carbonyl (C=O) groups is 1. The van der Waals surface area contributed by atoms with Gasteiger partial charge in [0.25, 0.3) is 5.91 Å². The van der Waals surface area contributed by atoms with Gasteiger partial charge in [-0.15, -0.1) is 0 Å². The third kappa shape index (κ3) is 3.75. The Morgan fingerprint density at radius 3 is 2.62 bits per heavy atom. The number of carbonyl (C=O) groups excluding carboxylic acids is 1. The Balaban J connectivity index is 1.69. The summed E-state index contributed by atoms with van der Waals surface area (Å²) < 4.78 is 0. The summed E-state index contributed by atoms with van der Waals surface area (Å²) in [6.45, 7) is 2.07. The molecule has 3 N–H and O–H groups in total. The van der Waals surface area contributed by atoms with E-state index in [9.17, 15) is 4.79 Å². The van der Waals surface area contributed by atoms with E-state index in [0.717, 1.165) is 5.69 Å². The molecule has 3 rings (SSSR count). The lowest BCUT2D eigenvalue weighted by Crippen LogP contribution is -2.12. The molecule has 5 nitrogen and oxygen atoms in total. The topological polar surface area (TPSA) is 69.8 Å². The van der Waals surface area contributed by atoms with Gasteiger partial charge >= 0.3 is 0 Å². The highest BCUT2D eigenvalue weighted by atomic mass is 35.5. The summed E-state index contributed by atoms with van der Waals surface area (Å²) in [5.41, 5.74) is 3.00. The largest absolute Gasteiger partial charge is 0.377 e. The van der Waals surface area contributed by atoms with E-state index in [-0.39, 0.29) is 11.9 Å². The average molecular weight is 341 g/mol. The van der Waals surface area contributed by atoms with Crippen LogP contribution in [0.4, 0.5) is 11.4 Å². The van der Waals surface area contributed by atoms with Gasteiger partial charge in [-0.05, 0) is 36.8 Å². The number of benzene rings is 2. The van der Waals surface area contributed by atoms with Crippen LogP contribution in [-0.4, -0.2) is 16.1 Å². The zero-order valence-electron chi connectivity index (χ0n) is 13.1. The molecule has 0 bridgehead atoms. The molecule has 0 radical (unpaired) electrons. The van der Waals surface area contributed by atoms with Crippen molar-refractivity contribution in [3.05, 3.63) is 77.1 Å². The molecule has 6 heteroatoms. The highest BCUT2D eigenvalue weighted by Gasteiger charge is 2.10. The van der Waals surface area contributed by atoms with E-state index >= 15 is 0 Å². The molecule has 0 fully saturated rings. The number of nitrogens with one attached hydrogen (secondary N) is 3. The molecule has 0 aliphatic heterocycles. The summed E-state index contributed by atoms with van der Waals surface area (Å²) >= 11 is 6.34. The number of halogens is 1. The van der Waals surface area contributed by atoms with Crippen molar-refractivity contribution in [2.75, 3.05) is 10.6 Å². The van der Waals surface area contributed by atoms with Gasteiger partial charge in [-0.25, -0.2) is 0 Å². The second-order valence-electron chi connectivity index (χ2n) is 5.40. The van der Waals surface area contributed by atoms with Crippen LogP contribution in [0, 0.1) is 0 Å². The summed E-state index contributed by atoms with van der Waals surface area (Å²) in [6, 6.07) is 17.2. The molecule has 24 heavy (non-hydrogen) atoms. The normalized spacial score (nSPS) is 11.8. The monoisotopic (exact) mass is 340 g/mol. The van der Waals surface area contributed by atoms with E-state index in [1.54, 1.807) is 18.2 Å². The molecule has 0 aliphatic rings. The Labute approximate surface area is 145 Å². The summed E-state index contributed by atoms with van der Waals surface area (Å²) in [5.74, 6) is -0.262. The zero-order valence-corrected chi connectivity index (χ0v) is 13.8. The van der Waals surface area contributed by atoms with Crippen molar-refractivity contribution in [2.24, 2.45) is 0 Å². The average Bonchev–Trinajstić information content (AvgIpc) is 3.13. The minimum absolute atomic E-state index is 0.120. The first-order chi connectivity index (χ1) is 11.6. The predicted molar refractivity (Wildman–Crippen MR) is 96.5 cm³/mol. The molecule has 2 aromatic carbocycles. The lowest BCUT2D eigenvalue weighted by Gasteiger charge is -2.17. The minimum atomic E-state index is -0.262. The summed E-state index contributed by atoms with van der Waals surface area (Å²) in [4.78, 5) is 12.0. The van der Waals surface area contributed by atoms with E-state index in [2.05, 4.69) is 39.9 Å². The lowest BCUT2D eigenvalue weighted by atomic mass is 10.1. The fourth-order valence-corrected chi connectivity index (χ4v) is 2.58. The summed E-state index contributed by atoms with van der Waals surface area (Å²) in [7, 11) is 0. The van der Waals surface area contributed by atoms with Crippen LogP contribution < -0.4 is 10.6 Å². The van der Waals surface area contributed by atoms with Crippen LogP contribution >= 0.6 is 11.6 Å². The van der Waals surface area contributed by atoms with Gasteiger partial charge in [-0.3, -0.25) is 9.89 Å². The van der Waals surface area contributed by atoms with E-state index in [1.807, 2.05) is 24.3 Å². The first-order valence-electron chi connectivity index (χ1n) is 7.55. The Morgan fingerprint density at radius 1 is 1.17 bits per heavy atom. The highest BCUT2D eigenvalue weighted by Crippen LogP contribution is 2.29. The Morgan fingerprint density at radius 2 is 1.96 bits per heavy atom. The molecule has 1 aromatic heterocycles. The zero-order chi connectivity index (χ0) is 16.9. The number of anilines is 2. The SMILES string of the molecule is CC(Nc1ccc(NC(=O)c2ccn[nH]2)cc1Cl)c1ccccc1. The number of hydrogen-bond donors (Lipinski definition) is 3. The second-order valence-corrected chi connectivity index (χ2v) is 5.80. The van der Waals surface area contributed by atoms with E-state index in [0.29, 0.717) is 16.4 Å². The number of H-pyrrole nitrogens is 1. The minimum Gasteiger partial charge on any atom is -0.377 e. The van der Waals surface area contributed by atoms with Gasteiger partial charge in [0.1, 0.15) is 5.69 Å². The molecule has 1 atom stereocenters. The molecule has 3 aromatic rings. The fraction of sp³-hybridized carbons (Fsp3) is 0.111. The molecule has 1 amide bonds. The molecule has 0 saturated heterocycles. The van der Waals surface area contributed by atoms with Crippen LogP contribution in [-0.2, 0) is 0 Å². The number of aromatic nitrogens is 2. The maximum atomic E-state index is 12.0. The number of rotatable bonds is 5. The smallest absolute Gasteiger partial charge is 0.273 e.